The molecule has 4 heteroatoms. The predicted molar refractivity (Wildman–Crippen MR) is 83.0 cm³/mol. The minimum absolute atomic E-state index is 0.0538. The lowest BCUT2D eigenvalue weighted by molar-refractivity contribution is 0.264. The molecule has 114 valence electrons. The van der Waals surface area contributed by atoms with Crippen molar-refractivity contribution in [2.24, 2.45) is 5.92 Å². The molecule has 0 aliphatic carbocycles. The molecule has 1 rings (SSSR count). The van der Waals surface area contributed by atoms with Crippen LogP contribution in [0.1, 0.15) is 65.9 Å². The Kier molecular flexibility index (Phi) is 5.93. The van der Waals surface area contributed by atoms with Gasteiger partial charge in [-0.1, -0.05) is 27.7 Å². The van der Waals surface area contributed by atoms with Crippen LogP contribution in [0.3, 0.4) is 0 Å². The summed E-state index contributed by atoms with van der Waals surface area (Å²) in [7, 11) is 0. The SMILES string of the molecule is CC(C)COc1cnc(C(C)C)nc1CNC(C)(C)C. The summed E-state index contributed by atoms with van der Waals surface area (Å²) in [6.07, 6.45) is 1.81. The largest absolute Gasteiger partial charge is 0.490 e. The van der Waals surface area contributed by atoms with Crippen LogP contribution >= 0.6 is 0 Å². The summed E-state index contributed by atoms with van der Waals surface area (Å²) in [4.78, 5) is 9.05. The Hall–Kier alpha value is -1.16. The third-order valence-corrected chi connectivity index (χ3v) is 2.72. The Morgan fingerprint density at radius 1 is 1.20 bits per heavy atom. The van der Waals surface area contributed by atoms with Crippen molar-refractivity contribution in [1.82, 2.24) is 15.3 Å². The summed E-state index contributed by atoms with van der Waals surface area (Å²) >= 11 is 0. The van der Waals surface area contributed by atoms with E-state index in [0.717, 1.165) is 17.3 Å². The highest BCUT2D eigenvalue weighted by atomic mass is 16.5. The lowest BCUT2D eigenvalue weighted by Gasteiger charge is -2.21. The van der Waals surface area contributed by atoms with Gasteiger partial charge in [-0.3, -0.25) is 0 Å². The molecule has 0 saturated carbocycles. The molecule has 1 aromatic rings. The molecule has 1 aromatic heterocycles. The molecular weight excluding hydrogens is 250 g/mol. The van der Waals surface area contributed by atoms with Crippen molar-refractivity contribution in [3.8, 4) is 5.75 Å². The summed E-state index contributed by atoms with van der Waals surface area (Å²) in [6.45, 7) is 16.3. The van der Waals surface area contributed by atoms with E-state index < -0.39 is 0 Å². The predicted octanol–water partition coefficient (Wildman–Crippen LogP) is 3.52. The second-order valence-corrected chi connectivity index (χ2v) is 7.00. The van der Waals surface area contributed by atoms with Gasteiger partial charge in [-0.25, -0.2) is 9.97 Å². The quantitative estimate of drug-likeness (QED) is 0.865. The van der Waals surface area contributed by atoms with E-state index in [1.807, 2.05) is 6.20 Å². The van der Waals surface area contributed by atoms with Crippen LogP contribution in [-0.2, 0) is 6.54 Å². The summed E-state index contributed by atoms with van der Waals surface area (Å²) in [5.74, 6) is 2.47. The van der Waals surface area contributed by atoms with Crippen molar-refractivity contribution < 1.29 is 4.74 Å². The van der Waals surface area contributed by atoms with Crippen LogP contribution in [0, 0.1) is 5.92 Å². The van der Waals surface area contributed by atoms with Crippen molar-refractivity contribution in [3.63, 3.8) is 0 Å². The van der Waals surface area contributed by atoms with Crippen LogP contribution in [0.4, 0.5) is 0 Å². The highest BCUT2D eigenvalue weighted by molar-refractivity contribution is 5.25. The smallest absolute Gasteiger partial charge is 0.160 e. The average Bonchev–Trinajstić information content (AvgIpc) is 2.33. The summed E-state index contributed by atoms with van der Waals surface area (Å²) in [6, 6.07) is 0. The van der Waals surface area contributed by atoms with Crippen molar-refractivity contribution in [2.45, 2.75) is 66.5 Å². The first-order chi connectivity index (χ1) is 9.19. The molecule has 0 bridgehead atoms. The standard InChI is InChI=1S/C16H29N3O/c1-11(2)10-20-14-9-17-15(12(3)4)19-13(14)8-18-16(5,6)7/h9,11-12,18H,8,10H2,1-7H3. The van der Waals surface area contributed by atoms with Gasteiger partial charge < -0.3 is 10.1 Å². The van der Waals surface area contributed by atoms with Crippen molar-refractivity contribution in [2.75, 3.05) is 6.61 Å². The van der Waals surface area contributed by atoms with E-state index in [9.17, 15) is 0 Å². The fraction of sp³-hybridized carbons (Fsp3) is 0.750. The number of aromatic nitrogens is 2. The Morgan fingerprint density at radius 3 is 2.35 bits per heavy atom. The Morgan fingerprint density at radius 2 is 1.85 bits per heavy atom. The maximum Gasteiger partial charge on any atom is 0.160 e. The highest BCUT2D eigenvalue weighted by Gasteiger charge is 2.15. The van der Waals surface area contributed by atoms with Gasteiger partial charge in [0.05, 0.1) is 18.5 Å². The van der Waals surface area contributed by atoms with E-state index in [0.29, 0.717) is 25.0 Å². The summed E-state index contributed by atoms with van der Waals surface area (Å²) in [5.41, 5.74) is 0.998. The number of nitrogens with zero attached hydrogens (tertiary/aromatic N) is 2. The van der Waals surface area contributed by atoms with Crippen LogP contribution < -0.4 is 10.1 Å². The first kappa shape index (κ1) is 16.9. The number of ether oxygens (including phenoxy) is 1. The zero-order valence-corrected chi connectivity index (χ0v) is 13.9. The molecule has 0 amide bonds. The number of rotatable bonds is 6. The third-order valence-electron chi connectivity index (χ3n) is 2.72. The van der Waals surface area contributed by atoms with E-state index in [1.165, 1.54) is 0 Å². The Bertz CT molecular complexity index is 422. The fourth-order valence-electron chi connectivity index (χ4n) is 1.55. The molecule has 0 atom stereocenters. The molecule has 0 aromatic carbocycles. The van der Waals surface area contributed by atoms with E-state index in [4.69, 9.17) is 4.74 Å². The van der Waals surface area contributed by atoms with Crippen LogP contribution in [-0.4, -0.2) is 22.1 Å². The average molecular weight is 279 g/mol. The Labute approximate surface area is 123 Å². The second-order valence-electron chi connectivity index (χ2n) is 7.00. The Balaban J connectivity index is 2.91. The van der Waals surface area contributed by atoms with Crippen molar-refractivity contribution in [1.29, 1.82) is 0 Å². The first-order valence-electron chi connectivity index (χ1n) is 7.42. The van der Waals surface area contributed by atoms with Gasteiger partial charge in [-0.2, -0.15) is 0 Å². The van der Waals surface area contributed by atoms with Gasteiger partial charge in [0.25, 0.3) is 0 Å². The maximum absolute atomic E-state index is 5.83. The van der Waals surface area contributed by atoms with Gasteiger partial charge in [0, 0.05) is 18.0 Å². The maximum atomic E-state index is 5.83. The molecule has 0 spiro atoms. The minimum Gasteiger partial charge on any atom is -0.490 e. The molecule has 0 saturated heterocycles. The van der Waals surface area contributed by atoms with Gasteiger partial charge >= 0.3 is 0 Å². The van der Waals surface area contributed by atoms with Crippen LogP contribution in [0.2, 0.25) is 0 Å². The molecular formula is C16H29N3O. The molecule has 0 aliphatic rings. The van der Waals surface area contributed by atoms with Crippen molar-refractivity contribution >= 4 is 0 Å². The topological polar surface area (TPSA) is 47.0 Å². The summed E-state index contributed by atoms with van der Waals surface area (Å²) in [5, 5.41) is 3.46. The zero-order valence-electron chi connectivity index (χ0n) is 13.9. The van der Waals surface area contributed by atoms with Crippen LogP contribution in [0.5, 0.6) is 5.75 Å². The molecule has 4 nitrogen and oxygen atoms in total. The third kappa shape index (κ3) is 5.87. The van der Waals surface area contributed by atoms with Crippen LogP contribution in [0.25, 0.3) is 0 Å². The summed E-state index contributed by atoms with van der Waals surface area (Å²) < 4.78 is 5.83. The van der Waals surface area contributed by atoms with E-state index >= 15 is 0 Å². The van der Waals surface area contributed by atoms with Crippen LogP contribution in [0.15, 0.2) is 6.20 Å². The number of hydrogen-bond donors (Lipinski definition) is 1. The van der Waals surface area contributed by atoms with E-state index in [2.05, 4.69) is 63.8 Å². The normalized spacial score (nSPS) is 12.2. The second kappa shape index (κ2) is 7.02. The molecule has 0 unspecified atom stereocenters. The van der Waals surface area contributed by atoms with Gasteiger partial charge in [0.2, 0.25) is 0 Å². The molecule has 1 N–H and O–H groups in total. The molecule has 0 radical (unpaired) electrons. The van der Waals surface area contributed by atoms with Crippen molar-refractivity contribution in [3.05, 3.63) is 17.7 Å². The highest BCUT2D eigenvalue weighted by Crippen LogP contribution is 2.20. The molecule has 20 heavy (non-hydrogen) atoms. The number of nitrogens with one attached hydrogen (secondary N) is 1. The molecule has 1 heterocycles. The lowest BCUT2D eigenvalue weighted by Crippen LogP contribution is -2.35. The first-order valence-corrected chi connectivity index (χ1v) is 7.42. The van der Waals surface area contributed by atoms with Gasteiger partial charge in [-0.15, -0.1) is 0 Å². The fourth-order valence-corrected chi connectivity index (χ4v) is 1.55. The molecule has 0 fully saturated rings. The lowest BCUT2D eigenvalue weighted by atomic mass is 10.1. The molecule has 0 aliphatic heterocycles. The van der Waals surface area contributed by atoms with Gasteiger partial charge in [0.15, 0.2) is 5.75 Å². The van der Waals surface area contributed by atoms with E-state index in [-0.39, 0.29) is 5.54 Å². The number of hydrogen-bond acceptors (Lipinski definition) is 4. The minimum atomic E-state index is 0.0538. The zero-order chi connectivity index (χ0) is 15.3. The van der Waals surface area contributed by atoms with Gasteiger partial charge in [0.1, 0.15) is 5.82 Å². The van der Waals surface area contributed by atoms with E-state index in [1.54, 1.807) is 0 Å². The monoisotopic (exact) mass is 279 g/mol. The van der Waals surface area contributed by atoms with Gasteiger partial charge in [-0.05, 0) is 26.7 Å².